The van der Waals surface area contributed by atoms with Gasteiger partial charge in [-0.05, 0) is 44.4 Å². The van der Waals surface area contributed by atoms with Crippen LogP contribution in [0.4, 0.5) is 19.5 Å². The van der Waals surface area contributed by atoms with Gasteiger partial charge in [0.25, 0.3) is 0 Å². The lowest BCUT2D eigenvalue weighted by molar-refractivity contribution is 0.0881. The van der Waals surface area contributed by atoms with E-state index in [-0.39, 0.29) is 18.8 Å². The predicted molar refractivity (Wildman–Crippen MR) is 93.0 cm³/mol. The number of anilines is 1. The molecule has 1 saturated heterocycles. The Kier molecular flexibility index (Phi) is 5.18. The van der Waals surface area contributed by atoms with Crippen LogP contribution in [0.2, 0.25) is 0 Å². The van der Waals surface area contributed by atoms with Crippen molar-refractivity contribution >= 4 is 21.8 Å². The first-order valence-electron chi connectivity index (χ1n) is 8.41. The maximum absolute atomic E-state index is 15.7. The van der Waals surface area contributed by atoms with Crippen LogP contribution >= 0.6 is 0 Å². The highest BCUT2D eigenvalue weighted by atomic mass is 32.2. The zero-order chi connectivity index (χ0) is 19.7. The number of urea groups is 1. The van der Waals surface area contributed by atoms with E-state index in [1.807, 2.05) is 0 Å². The molecule has 146 valence electrons. The highest BCUT2D eigenvalue weighted by Gasteiger charge is 2.52. The molecule has 1 N–H and O–H groups in total. The zero-order valence-corrected chi connectivity index (χ0v) is 15.4. The van der Waals surface area contributed by atoms with Crippen LogP contribution in [0.5, 0.6) is 0 Å². The van der Waals surface area contributed by atoms with Gasteiger partial charge >= 0.3 is 6.03 Å². The third kappa shape index (κ3) is 3.66. The van der Waals surface area contributed by atoms with E-state index in [1.165, 1.54) is 18.3 Å². The zero-order valence-electron chi connectivity index (χ0n) is 14.6. The number of alkyl halides is 1. The van der Waals surface area contributed by atoms with E-state index in [4.69, 9.17) is 4.52 Å². The summed E-state index contributed by atoms with van der Waals surface area (Å²) in [6.07, 6.45) is 2.66. The first-order valence-corrected chi connectivity index (χ1v) is 9.89. The second kappa shape index (κ2) is 7.26. The fraction of sp³-hybridized carbons (Fsp3) is 0.412. The molecule has 3 rings (SSSR count). The molecule has 2 unspecified atom stereocenters. The third-order valence-corrected chi connectivity index (χ3v) is 6.86. The van der Waals surface area contributed by atoms with Crippen LogP contribution in [0.1, 0.15) is 26.2 Å². The van der Waals surface area contributed by atoms with E-state index in [9.17, 15) is 17.6 Å². The Labute approximate surface area is 155 Å². The lowest BCUT2D eigenvalue weighted by Crippen LogP contribution is -2.57. The normalized spacial score (nSPS) is 20.1. The maximum atomic E-state index is 15.7. The number of piperidine rings is 1. The van der Waals surface area contributed by atoms with Crippen LogP contribution in [0.15, 0.2) is 45.9 Å². The van der Waals surface area contributed by atoms with Crippen LogP contribution in [0.25, 0.3) is 0 Å². The van der Waals surface area contributed by atoms with Gasteiger partial charge in [-0.1, -0.05) is 11.2 Å². The quantitative estimate of drug-likeness (QED) is 0.851. The molecule has 0 spiro atoms. The monoisotopic (exact) mass is 399 g/mol. The van der Waals surface area contributed by atoms with E-state index in [2.05, 4.69) is 10.5 Å². The predicted octanol–water partition coefficient (Wildman–Crippen LogP) is 3.36. The molecule has 1 aromatic carbocycles. The number of amides is 2. The minimum atomic E-state index is -4.55. The van der Waals surface area contributed by atoms with E-state index >= 15 is 4.39 Å². The third-order valence-electron chi connectivity index (χ3n) is 4.66. The van der Waals surface area contributed by atoms with Gasteiger partial charge < -0.3 is 9.42 Å². The van der Waals surface area contributed by atoms with Crippen molar-refractivity contribution in [1.82, 2.24) is 10.1 Å². The van der Waals surface area contributed by atoms with E-state index in [0.717, 1.165) is 30.0 Å². The molecule has 0 aliphatic carbocycles. The number of aromatic nitrogens is 1. The molecule has 1 aromatic heterocycles. The van der Waals surface area contributed by atoms with Crippen LogP contribution in [0.3, 0.4) is 0 Å². The van der Waals surface area contributed by atoms with Crippen molar-refractivity contribution in [1.29, 1.82) is 0 Å². The summed E-state index contributed by atoms with van der Waals surface area (Å²) in [6.45, 7) is 1.10. The van der Waals surface area contributed by atoms with Crippen molar-refractivity contribution in [3.63, 3.8) is 0 Å². The number of halogens is 2. The summed E-state index contributed by atoms with van der Waals surface area (Å²) in [5.41, 5.74) is 0. The molecule has 10 heteroatoms. The summed E-state index contributed by atoms with van der Waals surface area (Å²) in [5.74, 6) is -0.715. The van der Waals surface area contributed by atoms with Crippen molar-refractivity contribution in [2.24, 2.45) is 0 Å². The van der Waals surface area contributed by atoms with Crippen molar-refractivity contribution in [3.05, 3.63) is 42.3 Å². The molecule has 27 heavy (non-hydrogen) atoms. The van der Waals surface area contributed by atoms with Gasteiger partial charge in [-0.3, -0.25) is 5.32 Å². The Morgan fingerprint density at radius 2 is 2.15 bits per heavy atom. The number of nitrogens with one attached hydrogen (secondary N) is 1. The average Bonchev–Trinajstić information content (AvgIpc) is 3.14. The number of carbonyl (C=O) groups is 1. The number of carbonyl (C=O) groups excluding carboxylic acids is 1. The fourth-order valence-electron chi connectivity index (χ4n) is 3.21. The Bertz CT molecular complexity index is 916. The number of likely N-dealkylation sites (tertiary alicyclic amines) is 1. The average molecular weight is 399 g/mol. The Morgan fingerprint density at radius 1 is 1.37 bits per heavy atom. The molecule has 0 bridgehead atoms. The largest absolute Gasteiger partial charge is 0.338 e. The van der Waals surface area contributed by atoms with Crippen molar-refractivity contribution in [2.75, 3.05) is 11.9 Å². The summed E-state index contributed by atoms with van der Waals surface area (Å²) in [5, 5.41) is 3.09. The highest BCUT2D eigenvalue weighted by molar-refractivity contribution is 7.92. The van der Waals surface area contributed by atoms with Crippen LogP contribution in [0, 0.1) is 5.82 Å². The maximum Gasteiger partial charge on any atom is 0.324 e. The number of hydrogen-bond donors (Lipinski definition) is 1. The standard InChI is InChI=1S/C17H19F2N3O4S/c1-17(19,27(24,25)13-6-4-5-12(18)11-13)14-7-2-3-10-22(14)16(23)21-15-8-9-20-26-15/h4-6,8-9,11,14H,2-3,7,10H2,1H3,(H,21,23). The van der Waals surface area contributed by atoms with Gasteiger partial charge in [-0.25, -0.2) is 22.0 Å². The molecule has 0 radical (unpaired) electrons. The van der Waals surface area contributed by atoms with E-state index in [1.54, 1.807) is 0 Å². The number of rotatable bonds is 4. The molecule has 1 aliphatic rings. The Morgan fingerprint density at radius 3 is 2.81 bits per heavy atom. The Hall–Kier alpha value is -2.49. The number of benzene rings is 1. The molecule has 0 saturated carbocycles. The topological polar surface area (TPSA) is 92.5 Å². The molecule has 2 heterocycles. The molecule has 1 fully saturated rings. The molecule has 1 aliphatic heterocycles. The fourth-order valence-corrected chi connectivity index (χ4v) is 4.80. The lowest BCUT2D eigenvalue weighted by atomic mass is 9.99. The molecular weight excluding hydrogens is 380 g/mol. The Balaban J connectivity index is 1.91. The molecule has 2 atom stereocenters. The van der Waals surface area contributed by atoms with Gasteiger partial charge in [0.1, 0.15) is 5.82 Å². The van der Waals surface area contributed by atoms with Gasteiger partial charge in [-0.15, -0.1) is 0 Å². The second-order valence-corrected chi connectivity index (χ2v) is 8.74. The van der Waals surface area contributed by atoms with Gasteiger partial charge in [0.2, 0.25) is 20.7 Å². The number of nitrogens with zero attached hydrogens (tertiary/aromatic N) is 2. The van der Waals surface area contributed by atoms with Gasteiger partial charge in [-0.2, -0.15) is 0 Å². The van der Waals surface area contributed by atoms with Crippen molar-refractivity contribution < 1.29 is 26.5 Å². The number of hydrogen-bond acceptors (Lipinski definition) is 5. The van der Waals surface area contributed by atoms with Crippen molar-refractivity contribution in [3.8, 4) is 0 Å². The SMILES string of the molecule is CC(F)(C1CCCCN1C(=O)Nc1ccno1)S(=O)(=O)c1cccc(F)c1. The van der Waals surface area contributed by atoms with Crippen LogP contribution < -0.4 is 5.32 Å². The molecule has 7 nitrogen and oxygen atoms in total. The summed E-state index contributed by atoms with van der Waals surface area (Å²) in [7, 11) is -4.55. The summed E-state index contributed by atoms with van der Waals surface area (Å²) in [4.78, 5) is 13.2. The molecule has 2 amide bonds. The molecular formula is C17H19F2N3O4S. The molecule has 2 aromatic rings. The second-order valence-electron chi connectivity index (χ2n) is 6.46. The van der Waals surface area contributed by atoms with Gasteiger partial charge in [0, 0.05) is 12.6 Å². The first-order chi connectivity index (χ1) is 12.7. The van der Waals surface area contributed by atoms with Crippen LogP contribution in [-0.2, 0) is 9.84 Å². The minimum Gasteiger partial charge on any atom is -0.338 e. The first kappa shape index (κ1) is 19.3. The van der Waals surface area contributed by atoms with Crippen molar-refractivity contribution in [2.45, 2.75) is 42.1 Å². The van der Waals surface area contributed by atoms with Gasteiger partial charge in [0.05, 0.1) is 17.1 Å². The summed E-state index contributed by atoms with van der Waals surface area (Å²) < 4.78 is 59.7. The van der Waals surface area contributed by atoms with Crippen LogP contribution in [-0.4, -0.2) is 42.1 Å². The minimum absolute atomic E-state index is 0.0675. The van der Waals surface area contributed by atoms with Gasteiger partial charge in [0.15, 0.2) is 0 Å². The summed E-state index contributed by atoms with van der Waals surface area (Å²) >= 11 is 0. The number of sulfone groups is 1. The lowest BCUT2D eigenvalue weighted by Gasteiger charge is -2.41. The van der Waals surface area contributed by atoms with E-state index < -0.39 is 37.6 Å². The highest BCUT2D eigenvalue weighted by Crippen LogP contribution is 2.37. The summed E-state index contributed by atoms with van der Waals surface area (Å²) in [6, 6.07) is 3.68. The van der Waals surface area contributed by atoms with E-state index in [0.29, 0.717) is 12.8 Å². The smallest absolute Gasteiger partial charge is 0.324 e.